The van der Waals surface area contributed by atoms with E-state index in [2.05, 4.69) is 13.0 Å². The minimum atomic E-state index is -1.26. The normalized spacial score (nSPS) is 12.0. The Labute approximate surface area is 177 Å². The van der Waals surface area contributed by atoms with Gasteiger partial charge in [-0.2, -0.15) is 5.26 Å². The molecular formula is C25H18F3NO2. The molecule has 0 N–H and O–H groups in total. The minimum Gasteiger partial charge on any atom is -0.423 e. The van der Waals surface area contributed by atoms with Crippen LogP contribution in [0.1, 0.15) is 46.0 Å². The van der Waals surface area contributed by atoms with Gasteiger partial charge in [-0.15, -0.1) is 0 Å². The molecule has 3 aromatic carbocycles. The van der Waals surface area contributed by atoms with E-state index in [1.54, 1.807) is 6.07 Å². The van der Waals surface area contributed by atoms with Gasteiger partial charge in [-0.05, 0) is 65.3 Å². The summed E-state index contributed by atoms with van der Waals surface area (Å²) in [5, 5.41) is 8.77. The molecule has 0 unspecified atom stereocenters. The van der Waals surface area contributed by atoms with Crippen LogP contribution in [0.4, 0.5) is 13.2 Å². The van der Waals surface area contributed by atoms with Crippen molar-refractivity contribution >= 4 is 5.97 Å². The van der Waals surface area contributed by atoms with Crippen LogP contribution in [0.2, 0.25) is 0 Å². The van der Waals surface area contributed by atoms with Gasteiger partial charge in [-0.25, -0.2) is 18.0 Å². The molecule has 0 spiro atoms. The zero-order chi connectivity index (χ0) is 22.1. The van der Waals surface area contributed by atoms with E-state index in [1.165, 1.54) is 11.6 Å². The van der Waals surface area contributed by atoms with Crippen molar-refractivity contribution in [2.75, 3.05) is 0 Å². The molecule has 0 aliphatic heterocycles. The summed E-state index contributed by atoms with van der Waals surface area (Å²) in [6.45, 7) is 2.09. The molecule has 0 atom stereocenters. The summed E-state index contributed by atoms with van der Waals surface area (Å²) in [5.41, 5.74) is 2.62. The van der Waals surface area contributed by atoms with E-state index in [0.29, 0.717) is 18.4 Å². The number of fused-ring (bicyclic) bond motifs is 3. The molecule has 3 aromatic rings. The first-order valence-corrected chi connectivity index (χ1v) is 9.97. The van der Waals surface area contributed by atoms with Crippen molar-refractivity contribution in [1.82, 2.24) is 0 Å². The Kier molecular flexibility index (Phi) is 5.51. The van der Waals surface area contributed by atoms with Crippen molar-refractivity contribution in [3.8, 4) is 22.9 Å². The Bertz CT molecular complexity index is 1240. The molecule has 0 aromatic heterocycles. The Morgan fingerprint density at radius 3 is 2.55 bits per heavy atom. The molecule has 31 heavy (non-hydrogen) atoms. The van der Waals surface area contributed by atoms with Crippen molar-refractivity contribution in [1.29, 1.82) is 5.26 Å². The predicted octanol–water partition coefficient (Wildman–Crippen LogP) is 5.91. The molecule has 0 fully saturated rings. The van der Waals surface area contributed by atoms with Gasteiger partial charge in [0.15, 0.2) is 0 Å². The number of halogens is 3. The van der Waals surface area contributed by atoms with Crippen LogP contribution < -0.4 is 4.74 Å². The number of benzene rings is 3. The zero-order valence-corrected chi connectivity index (χ0v) is 16.8. The lowest BCUT2D eigenvalue weighted by molar-refractivity contribution is 0.0724. The molecule has 3 nitrogen and oxygen atoms in total. The van der Waals surface area contributed by atoms with E-state index in [-0.39, 0.29) is 16.9 Å². The standard InChI is InChI=1S/C25H18F3NO2/c1-2-3-14-4-8-18-15(10-14)6-9-19-20(18)12-22(27)23(24(19)28)25(30)31-17-7-5-16(13-29)21(26)11-17/h4-5,7-8,10-12H,2-3,6,9H2,1H3. The summed E-state index contributed by atoms with van der Waals surface area (Å²) in [7, 11) is 0. The van der Waals surface area contributed by atoms with Gasteiger partial charge in [-0.3, -0.25) is 0 Å². The Hall–Kier alpha value is -3.59. The van der Waals surface area contributed by atoms with Crippen LogP contribution in [0, 0.1) is 28.8 Å². The van der Waals surface area contributed by atoms with Gasteiger partial charge in [0.25, 0.3) is 0 Å². The average Bonchev–Trinajstić information content (AvgIpc) is 2.74. The number of carbonyl (C=O) groups is 1. The highest BCUT2D eigenvalue weighted by Gasteiger charge is 2.28. The van der Waals surface area contributed by atoms with Crippen molar-refractivity contribution in [2.45, 2.75) is 32.6 Å². The molecule has 0 amide bonds. The maximum Gasteiger partial charge on any atom is 0.349 e. The molecule has 0 bridgehead atoms. The van der Waals surface area contributed by atoms with Crippen molar-refractivity contribution in [3.63, 3.8) is 0 Å². The van der Waals surface area contributed by atoms with E-state index in [9.17, 15) is 13.6 Å². The van der Waals surface area contributed by atoms with Gasteiger partial charge in [-0.1, -0.05) is 31.5 Å². The molecule has 0 saturated carbocycles. The fourth-order valence-electron chi connectivity index (χ4n) is 3.96. The van der Waals surface area contributed by atoms with Crippen molar-refractivity contribution < 1.29 is 22.7 Å². The summed E-state index contributed by atoms with van der Waals surface area (Å²) in [6.07, 6.45) is 2.85. The fourth-order valence-corrected chi connectivity index (χ4v) is 3.96. The minimum absolute atomic E-state index is 0.230. The maximum absolute atomic E-state index is 15.2. The van der Waals surface area contributed by atoms with Crippen LogP contribution in [0.25, 0.3) is 11.1 Å². The van der Waals surface area contributed by atoms with E-state index >= 15 is 4.39 Å². The molecule has 156 valence electrons. The number of esters is 1. The molecule has 6 heteroatoms. The van der Waals surface area contributed by atoms with E-state index in [0.717, 1.165) is 42.2 Å². The van der Waals surface area contributed by atoms with Gasteiger partial charge in [0.1, 0.15) is 34.8 Å². The molecule has 0 saturated heterocycles. The lowest BCUT2D eigenvalue weighted by Crippen LogP contribution is -2.17. The van der Waals surface area contributed by atoms with Crippen LogP contribution in [-0.2, 0) is 19.3 Å². The SMILES string of the molecule is CCCc1ccc2c(c1)CCc1c-2cc(F)c(C(=O)Oc2ccc(C#N)c(F)c2)c1F. The Balaban J connectivity index is 1.69. The second-order valence-corrected chi connectivity index (χ2v) is 7.46. The maximum atomic E-state index is 15.2. The number of hydrogen-bond donors (Lipinski definition) is 0. The molecule has 1 aliphatic rings. The monoisotopic (exact) mass is 421 g/mol. The number of ether oxygens (including phenoxy) is 1. The smallest absolute Gasteiger partial charge is 0.349 e. The third kappa shape index (κ3) is 3.79. The highest BCUT2D eigenvalue weighted by molar-refractivity contribution is 5.93. The fraction of sp³-hybridized carbons (Fsp3) is 0.200. The number of nitriles is 1. The van der Waals surface area contributed by atoms with Gasteiger partial charge in [0.2, 0.25) is 0 Å². The first-order chi connectivity index (χ1) is 14.9. The lowest BCUT2D eigenvalue weighted by Gasteiger charge is -2.22. The second-order valence-electron chi connectivity index (χ2n) is 7.46. The van der Waals surface area contributed by atoms with Gasteiger partial charge < -0.3 is 4.74 Å². The molecule has 4 rings (SSSR count). The number of carbonyl (C=O) groups excluding carboxylic acids is 1. The lowest BCUT2D eigenvalue weighted by atomic mass is 9.83. The zero-order valence-electron chi connectivity index (χ0n) is 16.8. The first-order valence-electron chi connectivity index (χ1n) is 9.97. The third-order valence-corrected chi connectivity index (χ3v) is 5.44. The van der Waals surface area contributed by atoms with Crippen molar-refractivity contribution in [3.05, 3.63) is 87.7 Å². The summed E-state index contributed by atoms with van der Waals surface area (Å²) >= 11 is 0. The van der Waals surface area contributed by atoms with Crippen LogP contribution in [0.5, 0.6) is 5.75 Å². The van der Waals surface area contributed by atoms with Crippen LogP contribution in [-0.4, -0.2) is 5.97 Å². The highest BCUT2D eigenvalue weighted by Crippen LogP contribution is 2.38. The van der Waals surface area contributed by atoms with Gasteiger partial charge in [0, 0.05) is 6.07 Å². The van der Waals surface area contributed by atoms with Gasteiger partial charge >= 0.3 is 5.97 Å². The van der Waals surface area contributed by atoms with E-state index < -0.39 is 29.0 Å². The number of hydrogen-bond acceptors (Lipinski definition) is 3. The Morgan fingerprint density at radius 1 is 1.03 bits per heavy atom. The summed E-state index contributed by atoms with van der Waals surface area (Å²) < 4.78 is 48.7. The summed E-state index contributed by atoms with van der Waals surface area (Å²) in [4.78, 5) is 12.5. The van der Waals surface area contributed by atoms with Crippen molar-refractivity contribution in [2.24, 2.45) is 0 Å². The number of aryl methyl sites for hydroxylation is 2. The van der Waals surface area contributed by atoms with Crippen LogP contribution >= 0.6 is 0 Å². The summed E-state index contributed by atoms with van der Waals surface area (Å²) in [5.74, 6) is -4.39. The average molecular weight is 421 g/mol. The first kappa shape index (κ1) is 20.7. The summed E-state index contributed by atoms with van der Waals surface area (Å²) in [6, 6.07) is 11.8. The quantitative estimate of drug-likeness (QED) is 0.389. The second kappa shape index (κ2) is 8.27. The topological polar surface area (TPSA) is 50.1 Å². The van der Waals surface area contributed by atoms with Crippen LogP contribution in [0.15, 0.2) is 42.5 Å². The number of rotatable bonds is 4. The van der Waals surface area contributed by atoms with Crippen LogP contribution in [0.3, 0.4) is 0 Å². The molecule has 0 heterocycles. The Morgan fingerprint density at radius 2 is 1.84 bits per heavy atom. The van der Waals surface area contributed by atoms with Gasteiger partial charge in [0.05, 0.1) is 5.56 Å². The molecule has 1 aliphatic carbocycles. The third-order valence-electron chi connectivity index (χ3n) is 5.44. The largest absolute Gasteiger partial charge is 0.423 e. The van der Waals surface area contributed by atoms with E-state index in [1.807, 2.05) is 12.1 Å². The predicted molar refractivity (Wildman–Crippen MR) is 109 cm³/mol. The highest BCUT2D eigenvalue weighted by atomic mass is 19.1. The number of nitrogens with zero attached hydrogens (tertiary/aromatic N) is 1. The molecule has 0 radical (unpaired) electrons. The molecular weight excluding hydrogens is 403 g/mol. The van der Waals surface area contributed by atoms with E-state index in [4.69, 9.17) is 10.00 Å².